The minimum absolute atomic E-state index is 1.03. The quantitative estimate of drug-likeness (QED) is 0.217. The first-order chi connectivity index (χ1) is 19.3. The van der Waals surface area contributed by atoms with Gasteiger partial charge in [-0.1, -0.05) is 103 Å². The first-order valence-electron chi connectivity index (χ1n) is 13.5. The lowest BCUT2D eigenvalue weighted by molar-refractivity contribution is 1.18. The molecule has 1 nitrogen and oxygen atoms in total. The van der Waals surface area contributed by atoms with Gasteiger partial charge in [0.15, 0.2) is 0 Å². The van der Waals surface area contributed by atoms with Crippen molar-refractivity contribution in [3.63, 3.8) is 0 Å². The maximum atomic E-state index is 2.43. The van der Waals surface area contributed by atoms with Crippen LogP contribution in [0.25, 0.3) is 69.9 Å². The van der Waals surface area contributed by atoms with Crippen molar-refractivity contribution in [1.82, 2.24) is 4.57 Å². The van der Waals surface area contributed by atoms with Crippen LogP contribution >= 0.6 is 11.3 Å². The Bertz CT molecular complexity index is 2230. The summed E-state index contributed by atoms with van der Waals surface area (Å²) in [5.74, 6) is 0. The fourth-order valence-corrected chi connectivity index (χ4v) is 8.11. The van der Waals surface area contributed by atoms with Crippen LogP contribution < -0.4 is 0 Å². The van der Waals surface area contributed by atoms with Crippen LogP contribution in [0, 0.1) is 0 Å². The Labute approximate surface area is 230 Å². The molecule has 182 valence electrons. The van der Waals surface area contributed by atoms with Crippen LogP contribution in [0.15, 0.2) is 127 Å². The molecule has 1 aliphatic carbocycles. The van der Waals surface area contributed by atoms with E-state index < -0.39 is 0 Å². The van der Waals surface area contributed by atoms with E-state index in [1.54, 1.807) is 0 Å². The summed E-state index contributed by atoms with van der Waals surface area (Å²) in [5.41, 5.74) is 11.9. The fraction of sp³-hybridized carbons (Fsp3) is 0.0270. The number of para-hydroxylation sites is 1. The second kappa shape index (κ2) is 7.92. The second-order valence-corrected chi connectivity index (χ2v) is 11.5. The molecule has 0 saturated heterocycles. The van der Waals surface area contributed by atoms with E-state index >= 15 is 0 Å². The highest BCUT2D eigenvalue weighted by Gasteiger charge is 2.24. The number of benzene rings is 6. The summed E-state index contributed by atoms with van der Waals surface area (Å²) in [6.07, 6.45) is 1.03. The Kier molecular flexibility index (Phi) is 4.33. The Morgan fingerprint density at radius 1 is 0.487 bits per heavy atom. The van der Waals surface area contributed by atoms with Gasteiger partial charge >= 0.3 is 0 Å². The number of thiophene rings is 1. The summed E-state index contributed by atoms with van der Waals surface area (Å²) in [6, 6.07) is 46.8. The molecule has 2 heterocycles. The standard InChI is InChI=1S/C37H23NS/c1-2-8-23(9-3-1)24-14-17-27(18-15-24)38-32-13-7-6-12-31(32)35-33(38)21-20-30-29-19-16-26-22-25-10-4-5-11-28(25)34(26)36(29)39-37(30)35/h1-21H,22H2. The second-order valence-electron chi connectivity index (χ2n) is 10.5. The third-order valence-electron chi connectivity index (χ3n) is 8.43. The lowest BCUT2D eigenvalue weighted by Crippen LogP contribution is -1.93. The lowest BCUT2D eigenvalue weighted by atomic mass is 10.0. The molecule has 39 heavy (non-hydrogen) atoms. The van der Waals surface area contributed by atoms with Gasteiger partial charge in [-0.3, -0.25) is 0 Å². The molecular weight excluding hydrogens is 490 g/mol. The molecular formula is C37H23NS. The number of fused-ring (bicyclic) bond motifs is 11. The van der Waals surface area contributed by atoms with Crippen molar-refractivity contribution in [1.29, 1.82) is 0 Å². The smallest absolute Gasteiger partial charge is 0.0555 e. The molecule has 0 radical (unpaired) electrons. The first kappa shape index (κ1) is 21.3. The van der Waals surface area contributed by atoms with Crippen LogP contribution in [-0.4, -0.2) is 4.57 Å². The van der Waals surface area contributed by atoms with E-state index in [1.807, 2.05) is 11.3 Å². The molecule has 0 bridgehead atoms. The number of aromatic nitrogens is 1. The van der Waals surface area contributed by atoms with Crippen LogP contribution in [0.2, 0.25) is 0 Å². The third-order valence-corrected chi connectivity index (χ3v) is 9.69. The third kappa shape index (κ3) is 2.95. The molecule has 2 heteroatoms. The zero-order chi connectivity index (χ0) is 25.5. The predicted octanol–water partition coefficient (Wildman–Crippen LogP) is 10.4. The maximum absolute atomic E-state index is 2.43. The van der Waals surface area contributed by atoms with Gasteiger partial charge in [-0.15, -0.1) is 11.3 Å². The van der Waals surface area contributed by atoms with Crippen molar-refractivity contribution in [2.75, 3.05) is 0 Å². The van der Waals surface area contributed by atoms with E-state index in [1.165, 1.54) is 81.0 Å². The Morgan fingerprint density at radius 3 is 2.10 bits per heavy atom. The van der Waals surface area contributed by atoms with Crippen molar-refractivity contribution >= 4 is 53.3 Å². The summed E-state index contributed by atoms with van der Waals surface area (Å²) < 4.78 is 5.24. The summed E-state index contributed by atoms with van der Waals surface area (Å²) in [6.45, 7) is 0. The van der Waals surface area contributed by atoms with Crippen LogP contribution in [-0.2, 0) is 6.42 Å². The summed E-state index contributed by atoms with van der Waals surface area (Å²) in [4.78, 5) is 0. The number of hydrogen-bond donors (Lipinski definition) is 0. The van der Waals surface area contributed by atoms with Gasteiger partial charge in [0.25, 0.3) is 0 Å². The van der Waals surface area contributed by atoms with Crippen LogP contribution in [0.1, 0.15) is 11.1 Å². The Morgan fingerprint density at radius 2 is 1.21 bits per heavy atom. The topological polar surface area (TPSA) is 4.93 Å². The molecule has 0 amide bonds. The molecule has 0 N–H and O–H groups in total. The van der Waals surface area contributed by atoms with Crippen LogP contribution in [0.5, 0.6) is 0 Å². The van der Waals surface area contributed by atoms with Crippen molar-refractivity contribution in [3.05, 3.63) is 139 Å². The van der Waals surface area contributed by atoms with Crippen molar-refractivity contribution in [2.45, 2.75) is 6.42 Å². The largest absolute Gasteiger partial charge is 0.309 e. The van der Waals surface area contributed by atoms with Crippen molar-refractivity contribution in [2.24, 2.45) is 0 Å². The van der Waals surface area contributed by atoms with Gasteiger partial charge in [0.05, 0.1) is 11.0 Å². The lowest BCUT2D eigenvalue weighted by Gasteiger charge is -2.09. The molecule has 0 unspecified atom stereocenters. The zero-order valence-corrected chi connectivity index (χ0v) is 22.0. The van der Waals surface area contributed by atoms with Gasteiger partial charge in [-0.25, -0.2) is 0 Å². The molecule has 1 aliphatic rings. The minimum atomic E-state index is 1.03. The van der Waals surface area contributed by atoms with Crippen molar-refractivity contribution in [3.8, 4) is 27.9 Å². The van der Waals surface area contributed by atoms with E-state index in [9.17, 15) is 0 Å². The highest BCUT2D eigenvalue weighted by molar-refractivity contribution is 7.27. The number of rotatable bonds is 2. The Hall–Kier alpha value is -4.66. The Balaban J connectivity index is 1.33. The van der Waals surface area contributed by atoms with E-state index in [4.69, 9.17) is 0 Å². The average Bonchev–Trinajstić information content (AvgIpc) is 3.66. The molecule has 0 saturated carbocycles. The monoisotopic (exact) mass is 513 g/mol. The molecule has 0 atom stereocenters. The molecule has 9 rings (SSSR count). The number of hydrogen-bond acceptors (Lipinski definition) is 1. The molecule has 6 aromatic carbocycles. The van der Waals surface area contributed by atoms with Gasteiger partial charge in [0.1, 0.15) is 0 Å². The summed E-state index contributed by atoms with van der Waals surface area (Å²) in [7, 11) is 0. The van der Waals surface area contributed by atoms with Gasteiger partial charge in [-0.2, -0.15) is 0 Å². The number of nitrogens with zero attached hydrogens (tertiary/aromatic N) is 1. The highest BCUT2D eigenvalue weighted by atomic mass is 32.1. The zero-order valence-electron chi connectivity index (χ0n) is 21.2. The fourth-order valence-electron chi connectivity index (χ4n) is 6.67. The maximum Gasteiger partial charge on any atom is 0.0555 e. The van der Waals surface area contributed by atoms with Gasteiger partial charge in [0, 0.05) is 42.2 Å². The molecule has 8 aromatic rings. The van der Waals surface area contributed by atoms with Crippen LogP contribution in [0.4, 0.5) is 0 Å². The summed E-state index contributed by atoms with van der Waals surface area (Å²) in [5, 5.41) is 5.40. The molecule has 2 aromatic heterocycles. The normalized spacial score (nSPS) is 12.5. The van der Waals surface area contributed by atoms with Gasteiger partial charge in [-0.05, 0) is 58.5 Å². The predicted molar refractivity (Wildman–Crippen MR) is 167 cm³/mol. The van der Waals surface area contributed by atoms with E-state index in [0.717, 1.165) is 6.42 Å². The average molecular weight is 514 g/mol. The highest BCUT2D eigenvalue weighted by Crippen LogP contribution is 2.49. The minimum Gasteiger partial charge on any atom is -0.309 e. The van der Waals surface area contributed by atoms with E-state index in [0.29, 0.717) is 0 Å². The first-order valence-corrected chi connectivity index (χ1v) is 14.3. The van der Waals surface area contributed by atoms with Gasteiger partial charge in [0.2, 0.25) is 0 Å². The van der Waals surface area contributed by atoms with E-state index in [-0.39, 0.29) is 0 Å². The molecule has 0 aliphatic heterocycles. The van der Waals surface area contributed by atoms with Crippen LogP contribution in [0.3, 0.4) is 0 Å². The van der Waals surface area contributed by atoms with E-state index in [2.05, 4.69) is 132 Å². The SMILES string of the molecule is c1ccc(-c2ccc(-n3c4ccccc4c4c5sc6c7c(ccc6c5ccc43)Cc3ccccc3-7)cc2)cc1. The van der Waals surface area contributed by atoms with Crippen molar-refractivity contribution < 1.29 is 0 Å². The summed E-state index contributed by atoms with van der Waals surface area (Å²) >= 11 is 1.97. The molecule has 0 fully saturated rings. The van der Waals surface area contributed by atoms with Gasteiger partial charge < -0.3 is 4.57 Å². The molecule has 0 spiro atoms.